The highest BCUT2D eigenvalue weighted by Crippen LogP contribution is 2.26. The van der Waals surface area contributed by atoms with Gasteiger partial charge in [-0.3, -0.25) is 4.98 Å². The van der Waals surface area contributed by atoms with Crippen molar-refractivity contribution in [2.75, 3.05) is 37.4 Å². The van der Waals surface area contributed by atoms with Gasteiger partial charge < -0.3 is 25.2 Å². The number of hydrogen-bond acceptors (Lipinski definition) is 6. The molecule has 4 rings (SSSR count). The second-order valence-corrected chi connectivity index (χ2v) is 8.57. The number of anilines is 3. The molecule has 1 aromatic carbocycles. The Balaban J connectivity index is 1.36. The van der Waals surface area contributed by atoms with Crippen LogP contribution < -0.4 is 20.3 Å². The van der Waals surface area contributed by atoms with Gasteiger partial charge in [-0.05, 0) is 62.8 Å². The maximum Gasteiger partial charge on any atom is 0.317 e. The summed E-state index contributed by atoms with van der Waals surface area (Å²) < 4.78 is 6.04. The van der Waals surface area contributed by atoms with Crippen molar-refractivity contribution in [3.63, 3.8) is 0 Å². The second kappa shape index (κ2) is 9.85. The lowest BCUT2D eigenvalue weighted by Crippen LogP contribution is -2.50. The molecule has 2 N–H and O–H groups in total. The smallest absolute Gasteiger partial charge is 0.317 e. The van der Waals surface area contributed by atoms with Crippen molar-refractivity contribution in [1.29, 1.82) is 0 Å². The highest BCUT2D eigenvalue weighted by molar-refractivity contribution is 5.74. The average Bonchev–Trinajstić information content (AvgIpc) is 3.28. The fourth-order valence-corrected chi connectivity index (χ4v) is 4.14. The van der Waals surface area contributed by atoms with Gasteiger partial charge in [-0.1, -0.05) is 0 Å². The molecule has 31 heavy (non-hydrogen) atoms. The molecule has 0 bridgehead atoms. The number of aromatic nitrogens is 2. The summed E-state index contributed by atoms with van der Waals surface area (Å²) in [5, 5.41) is 6.40. The van der Waals surface area contributed by atoms with Crippen LogP contribution in [0.1, 0.15) is 38.5 Å². The van der Waals surface area contributed by atoms with Gasteiger partial charge in [-0.2, -0.15) is 0 Å². The van der Waals surface area contributed by atoms with Gasteiger partial charge >= 0.3 is 6.03 Å². The van der Waals surface area contributed by atoms with Crippen molar-refractivity contribution in [2.45, 2.75) is 50.7 Å². The van der Waals surface area contributed by atoms with E-state index in [0.29, 0.717) is 11.9 Å². The fraction of sp³-hybridized carbons (Fsp3) is 0.522. The second-order valence-electron chi connectivity index (χ2n) is 8.57. The maximum absolute atomic E-state index is 12.0. The SMILES string of the molecule is CN(C)C(=O)N[C@@H]1CCCN(c2cncc(Nc3ccc(OC4CCCC4)cc3)n2)C1. The number of benzene rings is 1. The monoisotopic (exact) mass is 424 g/mol. The Morgan fingerprint density at radius 1 is 1.10 bits per heavy atom. The molecule has 0 spiro atoms. The average molecular weight is 425 g/mol. The zero-order valence-electron chi connectivity index (χ0n) is 18.4. The number of ether oxygens (including phenoxy) is 1. The van der Waals surface area contributed by atoms with Gasteiger partial charge in [0.25, 0.3) is 0 Å². The number of nitrogens with one attached hydrogen (secondary N) is 2. The normalized spacial score (nSPS) is 19.2. The molecule has 1 aromatic heterocycles. The predicted molar refractivity (Wildman–Crippen MR) is 122 cm³/mol. The summed E-state index contributed by atoms with van der Waals surface area (Å²) in [6.45, 7) is 1.63. The molecule has 0 unspecified atom stereocenters. The van der Waals surface area contributed by atoms with Crippen LogP contribution in [0.15, 0.2) is 36.7 Å². The Labute approximate surface area is 184 Å². The number of carbonyl (C=O) groups excluding carboxylic acids is 1. The first-order valence-electron chi connectivity index (χ1n) is 11.2. The van der Waals surface area contributed by atoms with Gasteiger partial charge in [0.2, 0.25) is 0 Å². The van der Waals surface area contributed by atoms with Crippen LogP contribution in [0.5, 0.6) is 5.75 Å². The number of hydrogen-bond donors (Lipinski definition) is 2. The van der Waals surface area contributed by atoms with E-state index in [2.05, 4.69) is 20.5 Å². The summed E-state index contributed by atoms with van der Waals surface area (Å²) in [5.41, 5.74) is 0.944. The van der Waals surface area contributed by atoms with E-state index >= 15 is 0 Å². The van der Waals surface area contributed by atoms with Crippen LogP contribution in [0.25, 0.3) is 0 Å². The Morgan fingerprint density at radius 2 is 1.87 bits per heavy atom. The number of amides is 2. The summed E-state index contributed by atoms with van der Waals surface area (Å²) in [5.74, 6) is 2.42. The molecule has 0 radical (unpaired) electrons. The third-order valence-corrected chi connectivity index (χ3v) is 5.83. The molecule has 2 fully saturated rings. The molecule has 8 nitrogen and oxygen atoms in total. The van der Waals surface area contributed by atoms with Crippen LogP contribution in [0.3, 0.4) is 0 Å². The lowest BCUT2D eigenvalue weighted by molar-refractivity contribution is 0.210. The van der Waals surface area contributed by atoms with Crippen LogP contribution in [-0.2, 0) is 0 Å². The number of urea groups is 1. The number of piperidine rings is 1. The Kier molecular flexibility index (Phi) is 6.74. The molecule has 1 aliphatic heterocycles. The molecule has 1 saturated carbocycles. The topological polar surface area (TPSA) is 82.6 Å². The fourth-order valence-electron chi connectivity index (χ4n) is 4.14. The van der Waals surface area contributed by atoms with Crippen LogP contribution in [0.4, 0.5) is 22.1 Å². The minimum absolute atomic E-state index is 0.0614. The van der Waals surface area contributed by atoms with E-state index in [9.17, 15) is 4.79 Å². The first-order chi connectivity index (χ1) is 15.1. The molecule has 2 heterocycles. The Morgan fingerprint density at radius 3 is 2.61 bits per heavy atom. The Bertz CT molecular complexity index is 867. The van der Waals surface area contributed by atoms with Crippen molar-refractivity contribution in [1.82, 2.24) is 20.2 Å². The standard InChI is InChI=1S/C23H32N6O2/c1-28(2)23(30)26-18-6-5-13-29(16-18)22-15-24-14-21(27-22)25-17-9-11-20(12-10-17)31-19-7-3-4-8-19/h9-12,14-15,18-19H,3-8,13,16H2,1-2H3,(H,25,27)(H,26,30)/t18-/m1/s1. The van der Waals surface area contributed by atoms with Crippen molar-refractivity contribution in [2.24, 2.45) is 0 Å². The molecule has 2 aliphatic rings. The van der Waals surface area contributed by atoms with E-state index in [1.54, 1.807) is 31.4 Å². The zero-order valence-corrected chi connectivity index (χ0v) is 18.4. The first-order valence-corrected chi connectivity index (χ1v) is 11.2. The quantitative estimate of drug-likeness (QED) is 0.734. The minimum Gasteiger partial charge on any atom is -0.490 e. The first kappa shape index (κ1) is 21.2. The van der Waals surface area contributed by atoms with Crippen molar-refractivity contribution < 1.29 is 9.53 Å². The van der Waals surface area contributed by atoms with Crippen LogP contribution in [0.2, 0.25) is 0 Å². The van der Waals surface area contributed by atoms with Gasteiger partial charge in [0, 0.05) is 38.9 Å². The number of rotatable bonds is 6. The highest BCUT2D eigenvalue weighted by atomic mass is 16.5. The van der Waals surface area contributed by atoms with Crippen LogP contribution in [0, 0.1) is 0 Å². The van der Waals surface area contributed by atoms with Crippen LogP contribution >= 0.6 is 0 Å². The summed E-state index contributed by atoms with van der Waals surface area (Å²) in [4.78, 5) is 24.8. The molecule has 2 amide bonds. The van der Waals surface area contributed by atoms with Gasteiger partial charge in [0.05, 0.1) is 18.5 Å². The molecule has 1 aliphatic carbocycles. The molecule has 2 aromatic rings. The molecular weight excluding hydrogens is 392 g/mol. The summed E-state index contributed by atoms with van der Waals surface area (Å²) in [6.07, 6.45) is 10.7. The van der Waals surface area contributed by atoms with E-state index in [1.807, 2.05) is 24.3 Å². The molecule has 8 heteroatoms. The molecular formula is C23H32N6O2. The van der Waals surface area contributed by atoms with Crippen molar-refractivity contribution >= 4 is 23.4 Å². The van der Waals surface area contributed by atoms with Gasteiger partial charge in [-0.15, -0.1) is 0 Å². The van der Waals surface area contributed by atoms with Crippen molar-refractivity contribution in [3.05, 3.63) is 36.7 Å². The largest absolute Gasteiger partial charge is 0.490 e. The lowest BCUT2D eigenvalue weighted by atomic mass is 10.1. The Hall–Kier alpha value is -3.03. The van der Waals surface area contributed by atoms with Crippen molar-refractivity contribution in [3.8, 4) is 5.75 Å². The molecule has 1 atom stereocenters. The molecule has 1 saturated heterocycles. The van der Waals surface area contributed by atoms with E-state index < -0.39 is 0 Å². The number of carbonyl (C=O) groups is 1. The number of nitrogens with zero attached hydrogens (tertiary/aromatic N) is 4. The van der Waals surface area contributed by atoms with Gasteiger partial charge in [0.1, 0.15) is 11.6 Å². The maximum atomic E-state index is 12.0. The van der Waals surface area contributed by atoms with E-state index in [4.69, 9.17) is 9.72 Å². The lowest BCUT2D eigenvalue weighted by Gasteiger charge is -2.34. The third-order valence-electron chi connectivity index (χ3n) is 5.83. The highest BCUT2D eigenvalue weighted by Gasteiger charge is 2.23. The zero-order chi connectivity index (χ0) is 21.6. The third kappa shape index (κ3) is 5.77. The predicted octanol–water partition coefficient (Wildman–Crippen LogP) is 3.78. The van der Waals surface area contributed by atoms with Gasteiger partial charge in [-0.25, -0.2) is 9.78 Å². The summed E-state index contributed by atoms with van der Waals surface area (Å²) >= 11 is 0. The van der Waals surface area contributed by atoms with E-state index in [0.717, 1.165) is 56.0 Å². The van der Waals surface area contributed by atoms with Gasteiger partial charge in [0.15, 0.2) is 5.82 Å². The van der Waals surface area contributed by atoms with Crippen LogP contribution in [-0.4, -0.2) is 60.2 Å². The van der Waals surface area contributed by atoms with E-state index in [-0.39, 0.29) is 12.1 Å². The van der Waals surface area contributed by atoms with E-state index in [1.165, 1.54) is 12.8 Å². The molecule has 166 valence electrons. The summed E-state index contributed by atoms with van der Waals surface area (Å²) in [7, 11) is 3.51. The minimum atomic E-state index is -0.0614. The summed E-state index contributed by atoms with van der Waals surface area (Å²) in [6, 6.07) is 8.06.